The minimum absolute atomic E-state index is 0.0400. The van der Waals surface area contributed by atoms with E-state index in [4.69, 9.17) is 14.5 Å². The summed E-state index contributed by atoms with van der Waals surface area (Å²) in [6.07, 6.45) is -2.92. The van der Waals surface area contributed by atoms with Crippen molar-refractivity contribution in [3.63, 3.8) is 0 Å². The third kappa shape index (κ3) is 6.28. The molecule has 218 valence electrons. The molecule has 2 aliphatic heterocycles. The van der Waals surface area contributed by atoms with Crippen LogP contribution >= 0.6 is 0 Å². The number of aromatic nitrogens is 2. The van der Waals surface area contributed by atoms with Crippen molar-refractivity contribution < 1.29 is 27.4 Å². The van der Waals surface area contributed by atoms with Gasteiger partial charge in [0.15, 0.2) is 0 Å². The molecule has 1 N–H and O–H groups in total. The molecule has 0 bridgehead atoms. The Morgan fingerprint density at radius 3 is 2.60 bits per heavy atom. The quantitative estimate of drug-likeness (QED) is 0.406. The largest absolute Gasteiger partial charge is 0.458 e. The first kappa shape index (κ1) is 28.8. The van der Waals surface area contributed by atoms with Crippen LogP contribution in [0.15, 0.2) is 71.4 Å². The van der Waals surface area contributed by atoms with E-state index in [9.17, 15) is 22.8 Å². The Morgan fingerprint density at radius 1 is 1.17 bits per heavy atom. The van der Waals surface area contributed by atoms with Crippen molar-refractivity contribution >= 4 is 11.9 Å². The number of carbonyl (C=O) groups excluding carboxylic acids is 1. The summed E-state index contributed by atoms with van der Waals surface area (Å²) in [6.45, 7) is 3.83. The van der Waals surface area contributed by atoms with Gasteiger partial charge in [0.25, 0.3) is 11.5 Å². The number of hydrogen-bond acceptors (Lipinski definition) is 6. The van der Waals surface area contributed by atoms with Crippen LogP contribution < -0.4 is 10.9 Å². The van der Waals surface area contributed by atoms with Gasteiger partial charge in [-0.05, 0) is 37.1 Å². The molecule has 8 nitrogen and oxygen atoms in total. The van der Waals surface area contributed by atoms with Crippen LogP contribution in [-0.2, 0) is 46.4 Å². The van der Waals surface area contributed by atoms with Gasteiger partial charge in [0, 0.05) is 19.4 Å². The average Bonchev–Trinajstić information content (AvgIpc) is 3.45. The summed E-state index contributed by atoms with van der Waals surface area (Å²) in [5, 5.41) is 3.16. The van der Waals surface area contributed by atoms with Crippen LogP contribution in [0.1, 0.15) is 47.8 Å². The van der Waals surface area contributed by atoms with Gasteiger partial charge in [0.2, 0.25) is 18.0 Å². The van der Waals surface area contributed by atoms with Crippen LogP contribution in [0.4, 0.5) is 19.1 Å². The van der Waals surface area contributed by atoms with E-state index in [-0.39, 0.29) is 36.3 Å². The van der Waals surface area contributed by atoms with E-state index < -0.39 is 24.1 Å². The number of halogens is 3. The van der Waals surface area contributed by atoms with E-state index in [0.717, 1.165) is 17.7 Å². The first-order valence-electron chi connectivity index (χ1n) is 13.5. The van der Waals surface area contributed by atoms with Crippen molar-refractivity contribution in [2.24, 2.45) is 0 Å². The molecule has 5 rings (SSSR count). The minimum Gasteiger partial charge on any atom is -0.458 e. The molecule has 2 atom stereocenters. The summed E-state index contributed by atoms with van der Waals surface area (Å²) < 4.78 is 51.7. The van der Waals surface area contributed by atoms with Crippen molar-refractivity contribution in [2.45, 2.75) is 58.3 Å². The molecular formula is C31H29F3N4O4. The van der Waals surface area contributed by atoms with Crippen molar-refractivity contribution in [1.29, 1.82) is 0 Å². The Balaban J connectivity index is 1.32. The van der Waals surface area contributed by atoms with Gasteiger partial charge in [-0.15, -0.1) is 5.92 Å². The summed E-state index contributed by atoms with van der Waals surface area (Å²) in [4.78, 5) is 33.1. The van der Waals surface area contributed by atoms with Crippen molar-refractivity contribution in [2.75, 3.05) is 11.9 Å². The van der Waals surface area contributed by atoms with Gasteiger partial charge in [0.05, 0.1) is 36.0 Å². The van der Waals surface area contributed by atoms with Gasteiger partial charge in [-0.1, -0.05) is 48.4 Å². The number of rotatable bonds is 7. The van der Waals surface area contributed by atoms with Gasteiger partial charge >= 0.3 is 6.18 Å². The van der Waals surface area contributed by atoms with Crippen molar-refractivity contribution in [1.82, 2.24) is 14.5 Å². The van der Waals surface area contributed by atoms with Crippen LogP contribution in [0.2, 0.25) is 0 Å². The molecule has 0 saturated heterocycles. The predicted octanol–water partition coefficient (Wildman–Crippen LogP) is 4.80. The van der Waals surface area contributed by atoms with Gasteiger partial charge in [-0.25, -0.2) is 4.98 Å². The number of nitrogens with one attached hydrogen (secondary N) is 1. The zero-order chi connectivity index (χ0) is 29.9. The SMILES string of the molecule is CC#CCn1c(N[C@@H](C)c2ccc(C(F)(F)F)cc2)nc2c(c1=O)CN(C(=O)C1=COC(Cc3ccccc3)O1)CC2. The number of ether oxygens (including phenoxy) is 2. The monoisotopic (exact) mass is 578 g/mol. The van der Waals surface area contributed by atoms with Crippen LogP contribution in [0.3, 0.4) is 0 Å². The molecular weight excluding hydrogens is 549 g/mol. The van der Waals surface area contributed by atoms with Crippen molar-refractivity contribution in [3.05, 3.63) is 105 Å². The third-order valence-corrected chi connectivity index (χ3v) is 7.14. The normalized spacial score (nSPS) is 16.7. The van der Waals surface area contributed by atoms with Gasteiger partial charge < -0.3 is 19.7 Å². The Bertz CT molecular complexity index is 1610. The van der Waals surface area contributed by atoms with E-state index in [0.29, 0.717) is 36.2 Å². The smallest absolute Gasteiger partial charge is 0.416 e. The van der Waals surface area contributed by atoms with Crippen LogP contribution in [-0.4, -0.2) is 33.2 Å². The minimum atomic E-state index is -4.43. The molecule has 0 spiro atoms. The number of alkyl halides is 3. The van der Waals surface area contributed by atoms with Crippen molar-refractivity contribution in [3.8, 4) is 11.8 Å². The number of benzene rings is 2. The highest BCUT2D eigenvalue weighted by Gasteiger charge is 2.33. The molecule has 1 unspecified atom stereocenters. The molecule has 0 radical (unpaired) electrons. The fraction of sp³-hybridized carbons (Fsp3) is 0.323. The van der Waals surface area contributed by atoms with Gasteiger partial charge in [-0.2, -0.15) is 13.2 Å². The summed E-state index contributed by atoms with van der Waals surface area (Å²) >= 11 is 0. The van der Waals surface area contributed by atoms with Gasteiger partial charge in [-0.3, -0.25) is 14.2 Å². The fourth-order valence-electron chi connectivity index (χ4n) is 4.83. The lowest BCUT2D eigenvalue weighted by atomic mass is 10.1. The zero-order valence-corrected chi connectivity index (χ0v) is 23.1. The number of amides is 1. The van der Waals surface area contributed by atoms with Crippen LogP contribution in [0, 0.1) is 11.8 Å². The number of fused-ring (bicyclic) bond motifs is 1. The second-order valence-electron chi connectivity index (χ2n) is 10.00. The fourth-order valence-corrected chi connectivity index (χ4v) is 4.83. The van der Waals surface area contributed by atoms with E-state index in [1.54, 1.807) is 13.8 Å². The molecule has 3 aromatic rings. The zero-order valence-electron chi connectivity index (χ0n) is 23.1. The third-order valence-electron chi connectivity index (χ3n) is 7.14. The molecule has 1 amide bonds. The summed E-state index contributed by atoms with van der Waals surface area (Å²) in [7, 11) is 0. The lowest BCUT2D eigenvalue weighted by molar-refractivity contribution is -0.137. The summed E-state index contributed by atoms with van der Waals surface area (Å²) in [6, 6.07) is 14.0. The van der Waals surface area contributed by atoms with E-state index in [2.05, 4.69) is 17.2 Å². The van der Waals surface area contributed by atoms with E-state index >= 15 is 0 Å². The Morgan fingerprint density at radius 2 is 1.90 bits per heavy atom. The highest BCUT2D eigenvalue weighted by Crippen LogP contribution is 2.30. The Kier molecular flexibility index (Phi) is 8.24. The average molecular weight is 579 g/mol. The summed E-state index contributed by atoms with van der Waals surface area (Å²) in [5.74, 6) is 5.60. The maximum absolute atomic E-state index is 13.6. The van der Waals surface area contributed by atoms with E-state index in [1.807, 2.05) is 30.3 Å². The maximum Gasteiger partial charge on any atom is 0.416 e. The number of hydrogen-bond donors (Lipinski definition) is 1. The standard InChI is InChI=1S/C31H29F3N4O4/c1-3-4-15-38-28(39)24-18-37(29(40)26-19-41-27(42-26)17-21-8-6-5-7-9-21)16-14-25(24)36-30(38)35-20(2)22-10-12-23(13-11-22)31(32,33)34/h5-13,19-20,27H,14-18H2,1-2H3,(H,35,36)/t20-,27?/m0/s1. The molecule has 2 aromatic carbocycles. The molecule has 42 heavy (non-hydrogen) atoms. The highest BCUT2D eigenvalue weighted by atomic mass is 19.4. The van der Waals surface area contributed by atoms with Crippen LogP contribution in [0.25, 0.3) is 0 Å². The number of carbonyl (C=O) groups is 1. The maximum atomic E-state index is 13.6. The molecule has 0 fully saturated rings. The lowest BCUT2D eigenvalue weighted by Crippen LogP contribution is -2.42. The second kappa shape index (κ2) is 12.0. The Labute approximate surface area is 240 Å². The van der Waals surface area contributed by atoms with E-state index in [1.165, 1.54) is 27.9 Å². The summed E-state index contributed by atoms with van der Waals surface area (Å²) in [5.41, 5.74) is 1.44. The first-order valence-corrected chi connectivity index (χ1v) is 13.5. The number of nitrogens with zero attached hydrogens (tertiary/aromatic N) is 3. The Hall–Kier alpha value is -4.72. The molecule has 1 aromatic heterocycles. The predicted molar refractivity (Wildman–Crippen MR) is 149 cm³/mol. The van der Waals surface area contributed by atoms with Gasteiger partial charge in [0.1, 0.15) is 6.26 Å². The molecule has 2 aliphatic rings. The number of anilines is 1. The first-order chi connectivity index (χ1) is 20.1. The molecule has 0 saturated carbocycles. The molecule has 0 aliphatic carbocycles. The second-order valence-corrected chi connectivity index (χ2v) is 10.00. The highest BCUT2D eigenvalue weighted by molar-refractivity contribution is 5.91. The molecule has 3 heterocycles. The van der Waals surface area contributed by atoms with Crippen LogP contribution in [0.5, 0.6) is 0 Å². The molecule has 11 heteroatoms. The lowest BCUT2D eigenvalue weighted by Gasteiger charge is -2.29. The topological polar surface area (TPSA) is 85.7 Å².